The summed E-state index contributed by atoms with van der Waals surface area (Å²) in [4.78, 5) is 12.8. The first kappa shape index (κ1) is 16.7. The number of nitrogens with zero attached hydrogens (tertiary/aromatic N) is 1. The maximum atomic E-state index is 12.6. The molecular weight excluding hydrogens is 272 g/mol. The smallest absolute Gasteiger partial charge is 0.362 e. The Labute approximate surface area is 106 Å². The van der Waals surface area contributed by atoms with E-state index in [0.29, 0.717) is 0 Å². The number of hydrogen-bond donors (Lipinski definition) is 1. The lowest BCUT2D eigenvalue weighted by molar-refractivity contribution is -0.169. The molecule has 2 N–H and O–H groups in total. The first-order valence-corrected chi connectivity index (χ1v) is 6.04. The molecule has 1 aromatic rings. The Hall–Kier alpha value is -1.31. The van der Waals surface area contributed by atoms with Gasteiger partial charge in [0.05, 0.1) is 0 Å². The summed E-state index contributed by atoms with van der Waals surface area (Å²) in [7, 11) is 0. The van der Waals surface area contributed by atoms with Crippen molar-refractivity contribution >= 4 is 17.7 Å². The number of amides is 1. The third-order valence-electron chi connectivity index (χ3n) is 1.57. The van der Waals surface area contributed by atoms with Gasteiger partial charge in [0.25, 0.3) is 0 Å². The molecule has 0 aliphatic rings. The molecule has 1 rings (SSSR count). The summed E-state index contributed by atoms with van der Waals surface area (Å²) in [6.45, 7) is 1.80. The van der Waals surface area contributed by atoms with Gasteiger partial charge >= 0.3 is 12.1 Å². The van der Waals surface area contributed by atoms with Gasteiger partial charge in [0.2, 0.25) is 5.95 Å². The van der Waals surface area contributed by atoms with Crippen molar-refractivity contribution in [3.05, 3.63) is 29.3 Å². The molecule has 3 nitrogen and oxygen atoms in total. The lowest BCUT2D eigenvalue weighted by Gasteiger charge is -1.99. The van der Waals surface area contributed by atoms with Crippen molar-refractivity contribution in [1.29, 1.82) is 0 Å². The third kappa shape index (κ3) is 7.10. The van der Waals surface area contributed by atoms with Crippen molar-refractivity contribution in [3.63, 3.8) is 0 Å². The number of carbonyl (C=O) groups is 1. The molecule has 0 bridgehead atoms. The minimum atomic E-state index is -4.86. The minimum absolute atomic E-state index is 0.381. The maximum absolute atomic E-state index is 12.6. The average molecular weight is 284 g/mol. The first-order valence-electron chi connectivity index (χ1n) is 4.65. The molecule has 0 fully saturated rings. The SMILES string of the molecule is CSCc1cc(C)nc(F)c1.NC(=O)C(F)(F)F. The van der Waals surface area contributed by atoms with Gasteiger partial charge in [-0.25, -0.2) is 4.98 Å². The topological polar surface area (TPSA) is 56.0 Å². The van der Waals surface area contributed by atoms with Gasteiger partial charge in [-0.15, -0.1) is 0 Å². The number of halogens is 4. The number of pyridine rings is 1. The van der Waals surface area contributed by atoms with Gasteiger partial charge < -0.3 is 5.73 Å². The number of carbonyl (C=O) groups excluding carboxylic acids is 1. The average Bonchev–Trinajstić information content (AvgIpc) is 2.15. The van der Waals surface area contributed by atoms with E-state index in [-0.39, 0.29) is 5.95 Å². The molecule has 18 heavy (non-hydrogen) atoms. The molecule has 1 heterocycles. The van der Waals surface area contributed by atoms with Crippen LogP contribution in [0.3, 0.4) is 0 Å². The standard InChI is InChI=1S/C8H10FNS.C2H2F3NO/c1-6-3-7(5-11-2)4-8(9)10-6;3-2(4,5)1(6)7/h3-4H,5H2,1-2H3;(H2,6,7). The summed E-state index contributed by atoms with van der Waals surface area (Å²) in [6, 6.07) is 3.38. The highest BCUT2D eigenvalue weighted by Crippen LogP contribution is 2.12. The molecule has 0 aromatic carbocycles. The van der Waals surface area contributed by atoms with Crippen LogP contribution in [-0.2, 0) is 10.5 Å². The number of hydrogen-bond acceptors (Lipinski definition) is 3. The van der Waals surface area contributed by atoms with Crippen LogP contribution in [0.25, 0.3) is 0 Å². The zero-order valence-corrected chi connectivity index (χ0v) is 10.5. The van der Waals surface area contributed by atoms with Crippen molar-refractivity contribution < 1.29 is 22.4 Å². The second-order valence-corrected chi connectivity index (χ2v) is 4.10. The molecule has 102 valence electrons. The largest absolute Gasteiger partial charge is 0.470 e. The second-order valence-electron chi connectivity index (χ2n) is 3.23. The number of aromatic nitrogens is 1. The van der Waals surface area contributed by atoms with E-state index in [1.54, 1.807) is 18.7 Å². The normalized spacial score (nSPS) is 10.6. The van der Waals surface area contributed by atoms with E-state index in [9.17, 15) is 17.6 Å². The van der Waals surface area contributed by atoms with Crippen LogP contribution in [-0.4, -0.2) is 23.3 Å². The molecule has 0 aliphatic heterocycles. The molecular formula is C10H12F4N2OS. The summed E-state index contributed by atoms with van der Waals surface area (Å²) in [5.41, 5.74) is 5.55. The highest BCUT2D eigenvalue weighted by Gasteiger charge is 2.35. The summed E-state index contributed by atoms with van der Waals surface area (Å²) in [5, 5.41) is 0. The van der Waals surface area contributed by atoms with E-state index in [2.05, 4.69) is 10.7 Å². The van der Waals surface area contributed by atoms with Gasteiger partial charge in [-0.1, -0.05) is 0 Å². The zero-order valence-electron chi connectivity index (χ0n) is 9.71. The Kier molecular flexibility index (Phi) is 6.67. The van der Waals surface area contributed by atoms with Crippen LogP contribution in [0.15, 0.2) is 12.1 Å². The van der Waals surface area contributed by atoms with Crippen molar-refractivity contribution in [2.24, 2.45) is 5.73 Å². The van der Waals surface area contributed by atoms with Crippen LogP contribution in [0.4, 0.5) is 17.6 Å². The van der Waals surface area contributed by atoms with Gasteiger partial charge in [0, 0.05) is 11.4 Å². The minimum Gasteiger partial charge on any atom is -0.362 e. The molecule has 0 radical (unpaired) electrons. The van der Waals surface area contributed by atoms with E-state index < -0.39 is 12.1 Å². The van der Waals surface area contributed by atoms with Gasteiger partial charge in [-0.3, -0.25) is 4.79 Å². The lowest BCUT2D eigenvalue weighted by atomic mass is 10.2. The number of aryl methyl sites for hydroxylation is 1. The van der Waals surface area contributed by atoms with E-state index >= 15 is 0 Å². The van der Waals surface area contributed by atoms with Gasteiger partial charge in [0.15, 0.2) is 0 Å². The van der Waals surface area contributed by atoms with Gasteiger partial charge in [-0.2, -0.15) is 29.3 Å². The Morgan fingerprint density at radius 2 is 1.94 bits per heavy atom. The van der Waals surface area contributed by atoms with Crippen molar-refractivity contribution in [2.45, 2.75) is 18.9 Å². The van der Waals surface area contributed by atoms with Crippen LogP contribution in [0.5, 0.6) is 0 Å². The number of primary amides is 1. The van der Waals surface area contributed by atoms with Crippen LogP contribution in [0.2, 0.25) is 0 Å². The highest BCUT2D eigenvalue weighted by molar-refractivity contribution is 7.97. The predicted molar refractivity (Wildman–Crippen MR) is 61.4 cm³/mol. The van der Waals surface area contributed by atoms with Crippen LogP contribution < -0.4 is 5.73 Å². The molecule has 1 aromatic heterocycles. The number of thioether (sulfide) groups is 1. The fourth-order valence-corrected chi connectivity index (χ4v) is 1.45. The quantitative estimate of drug-likeness (QED) is 0.670. The molecule has 0 saturated heterocycles. The Bertz CT molecular complexity index is 389. The first-order chi connectivity index (χ1) is 8.16. The van der Waals surface area contributed by atoms with E-state index in [1.165, 1.54) is 6.07 Å². The molecule has 0 atom stereocenters. The molecule has 0 saturated carbocycles. The van der Waals surface area contributed by atoms with E-state index in [0.717, 1.165) is 17.0 Å². The maximum Gasteiger partial charge on any atom is 0.470 e. The fourth-order valence-electron chi connectivity index (χ4n) is 0.946. The molecule has 0 unspecified atom stereocenters. The zero-order chi connectivity index (χ0) is 14.3. The molecule has 1 amide bonds. The molecule has 8 heteroatoms. The monoisotopic (exact) mass is 284 g/mol. The van der Waals surface area contributed by atoms with Crippen molar-refractivity contribution in [1.82, 2.24) is 4.98 Å². The van der Waals surface area contributed by atoms with Crippen LogP contribution in [0.1, 0.15) is 11.3 Å². The molecule has 0 aliphatic carbocycles. The Balaban J connectivity index is 0.000000360. The Morgan fingerprint density at radius 3 is 2.28 bits per heavy atom. The van der Waals surface area contributed by atoms with Gasteiger partial charge in [0.1, 0.15) is 0 Å². The van der Waals surface area contributed by atoms with Crippen molar-refractivity contribution in [2.75, 3.05) is 6.26 Å². The van der Waals surface area contributed by atoms with Crippen LogP contribution >= 0.6 is 11.8 Å². The van der Waals surface area contributed by atoms with Crippen LogP contribution in [0, 0.1) is 12.9 Å². The summed E-state index contributed by atoms with van der Waals surface area (Å²) >= 11 is 1.68. The Morgan fingerprint density at radius 1 is 1.44 bits per heavy atom. The number of rotatable bonds is 2. The number of nitrogens with two attached hydrogens (primary N) is 1. The third-order valence-corrected chi connectivity index (χ3v) is 2.19. The summed E-state index contributed by atoms with van der Waals surface area (Å²) in [5.74, 6) is -1.79. The second kappa shape index (κ2) is 7.20. The van der Waals surface area contributed by atoms with E-state index in [1.807, 2.05) is 12.3 Å². The number of alkyl halides is 3. The lowest BCUT2D eigenvalue weighted by Crippen LogP contribution is -2.30. The van der Waals surface area contributed by atoms with Crippen molar-refractivity contribution in [3.8, 4) is 0 Å². The van der Waals surface area contributed by atoms with Gasteiger partial charge in [-0.05, 0) is 30.9 Å². The summed E-state index contributed by atoms with van der Waals surface area (Å²) < 4.78 is 44.7. The summed E-state index contributed by atoms with van der Waals surface area (Å²) in [6.07, 6.45) is -2.87. The highest BCUT2D eigenvalue weighted by atomic mass is 32.2. The predicted octanol–water partition coefficient (Wildman–Crippen LogP) is 2.43. The molecule has 0 spiro atoms. The van der Waals surface area contributed by atoms with E-state index in [4.69, 9.17) is 4.79 Å². The fraction of sp³-hybridized carbons (Fsp3) is 0.400.